The molecular formula is C25H29N7O2. The molecule has 1 aliphatic heterocycles. The average Bonchev–Trinajstić information content (AvgIpc) is 3.33. The standard InChI is InChI=1S/C25H29N7O2/c1-2-3-9-27-24(33)19-12-17(13-21-20(19)15-29-32-21)30-25-28-14-16-5-4-6-22(23(16)31-25)34-18-7-10-26-11-8-18/h4-6,12-15,18,26H,2-3,7-11H2,1H3,(H,27,33)(H,29,32)(H,28,30,31). The van der Waals surface area contributed by atoms with Gasteiger partial charge in [-0.25, -0.2) is 9.97 Å². The molecule has 2 aromatic carbocycles. The SMILES string of the molecule is CCCCNC(=O)c1cc(Nc2ncc3cccc(OC4CCNCC4)c3n2)cc2[nH]ncc12. The number of nitrogens with zero attached hydrogens (tertiary/aromatic N) is 3. The second kappa shape index (κ2) is 10.0. The zero-order valence-electron chi connectivity index (χ0n) is 19.2. The normalized spacial score (nSPS) is 14.4. The number of aromatic amines is 1. The lowest BCUT2D eigenvalue weighted by Gasteiger charge is -2.24. The maximum atomic E-state index is 12.8. The molecular weight excluding hydrogens is 430 g/mol. The van der Waals surface area contributed by atoms with Crippen molar-refractivity contribution in [2.24, 2.45) is 0 Å². The van der Waals surface area contributed by atoms with Crippen molar-refractivity contribution in [2.75, 3.05) is 25.0 Å². The second-order valence-corrected chi connectivity index (χ2v) is 8.54. The van der Waals surface area contributed by atoms with Crippen LogP contribution in [0.2, 0.25) is 0 Å². The summed E-state index contributed by atoms with van der Waals surface area (Å²) in [5, 5.41) is 18.4. The Balaban J connectivity index is 1.42. The number of nitrogens with one attached hydrogen (secondary N) is 4. The zero-order valence-corrected chi connectivity index (χ0v) is 19.2. The highest BCUT2D eigenvalue weighted by Gasteiger charge is 2.17. The first-order chi connectivity index (χ1) is 16.7. The highest BCUT2D eigenvalue weighted by atomic mass is 16.5. The topological polar surface area (TPSA) is 117 Å². The smallest absolute Gasteiger partial charge is 0.252 e. The summed E-state index contributed by atoms with van der Waals surface area (Å²) in [5.74, 6) is 1.07. The Morgan fingerprint density at radius 1 is 1.21 bits per heavy atom. The molecule has 2 aromatic heterocycles. The second-order valence-electron chi connectivity index (χ2n) is 8.54. The van der Waals surface area contributed by atoms with Gasteiger partial charge in [0.2, 0.25) is 5.95 Å². The van der Waals surface area contributed by atoms with E-state index in [0.29, 0.717) is 23.7 Å². The van der Waals surface area contributed by atoms with Crippen LogP contribution in [0.3, 0.4) is 0 Å². The number of benzene rings is 2. The molecule has 1 amide bonds. The van der Waals surface area contributed by atoms with Crippen molar-refractivity contribution < 1.29 is 9.53 Å². The molecule has 0 radical (unpaired) electrons. The molecule has 9 nitrogen and oxygen atoms in total. The molecule has 0 spiro atoms. The highest BCUT2D eigenvalue weighted by molar-refractivity contribution is 6.07. The first kappa shape index (κ1) is 22.1. The van der Waals surface area contributed by atoms with Gasteiger partial charge in [0.1, 0.15) is 17.4 Å². The summed E-state index contributed by atoms with van der Waals surface area (Å²) in [4.78, 5) is 22.0. The van der Waals surface area contributed by atoms with Crippen LogP contribution in [0.1, 0.15) is 43.0 Å². The first-order valence-corrected chi connectivity index (χ1v) is 11.9. The van der Waals surface area contributed by atoms with Gasteiger partial charge in [-0.1, -0.05) is 25.5 Å². The zero-order chi connectivity index (χ0) is 23.3. The van der Waals surface area contributed by atoms with Crippen molar-refractivity contribution in [3.8, 4) is 5.75 Å². The maximum absolute atomic E-state index is 12.8. The van der Waals surface area contributed by atoms with Gasteiger partial charge in [-0.15, -0.1) is 0 Å². The van der Waals surface area contributed by atoms with Gasteiger partial charge in [0.15, 0.2) is 0 Å². The number of ether oxygens (including phenoxy) is 1. The number of amides is 1. The molecule has 3 heterocycles. The van der Waals surface area contributed by atoms with E-state index in [9.17, 15) is 4.79 Å². The molecule has 1 saturated heterocycles. The molecule has 176 valence electrons. The van der Waals surface area contributed by atoms with Crippen LogP contribution in [-0.2, 0) is 0 Å². The van der Waals surface area contributed by atoms with Gasteiger partial charge in [0.05, 0.1) is 17.3 Å². The number of fused-ring (bicyclic) bond motifs is 2. The van der Waals surface area contributed by atoms with Crippen molar-refractivity contribution in [2.45, 2.75) is 38.7 Å². The summed E-state index contributed by atoms with van der Waals surface area (Å²) in [6, 6.07) is 9.60. The van der Waals surface area contributed by atoms with Crippen molar-refractivity contribution in [1.82, 2.24) is 30.8 Å². The molecule has 0 atom stereocenters. The van der Waals surface area contributed by atoms with Crippen LogP contribution in [0.4, 0.5) is 11.6 Å². The Morgan fingerprint density at radius 3 is 2.94 bits per heavy atom. The molecule has 0 bridgehead atoms. The van der Waals surface area contributed by atoms with Gasteiger partial charge in [-0.2, -0.15) is 5.10 Å². The molecule has 0 aliphatic carbocycles. The van der Waals surface area contributed by atoms with Crippen LogP contribution in [-0.4, -0.2) is 51.8 Å². The van der Waals surface area contributed by atoms with Gasteiger partial charge in [-0.05, 0) is 50.6 Å². The Labute approximate surface area is 197 Å². The van der Waals surface area contributed by atoms with Gasteiger partial charge >= 0.3 is 0 Å². The number of aromatic nitrogens is 4. The minimum absolute atomic E-state index is 0.124. The van der Waals surface area contributed by atoms with Crippen LogP contribution < -0.4 is 20.7 Å². The first-order valence-electron chi connectivity index (χ1n) is 11.9. The van der Waals surface area contributed by atoms with Crippen LogP contribution >= 0.6 is 0 Å². The van der Waals surface area contributed by atoms with E-state index in [1.807, 2.05) is 30.3 Å². The predicted molar refractivity (Wildman–Crippen MR) is 133 cm³/mol. The molecule has 5 rings (SSSR count). The molecule has 1 aliphatic rings. The van der Waals surface area contributed by atoms with E-state index in [2.05, 4.69) is 38.1 Å². The Bertz CT molecular complexity index is 1300. The van der Waals surface area contributed by atoms with E-state index in [-0.39, 0.29) is 12.0 Å². The Kier molecular flexibility index (Phi) is 6.53. The fourth-order valence-electron chi connectivity index (χ4n) is 4.19. The maximum Gasteiger partial charge on any atom is 0.252 e. The van der Waals surface area contributed by atoms with Crippen LogP contribution in [0.5, 0.6) is 5.75 Å². The van der Waals surface area contributed by atoms with Crippen molar-refractivity contribution in [3.63, 3.8) is 0 Å². The number of anilines is 2. The number of para-hydroxylation sites is 1. The molecule has 4 N–H and O–H groups in total. The number of carbonyl (C=O) groups excluding carboxylic acids is 1. The number of piperidine rings is 1. The molecule has 0 unspecified atom stereocenters. The minimum Gasteiger partial charge on any atom is -0.488 e. The van der Waals surface area contributed by atoms with Gasteiger partial charge < -0.3 is 20.7 Å². The van der Waals surface area contributed by atoms with Crippen molar-refractivity contribution in [1.29, 1.82) is 0 Å². The van der Waals surface area contributed by atoms with E-state index in [1.165, 1.54) is 0 Å². The minimum atomic E-state index is -0.124. The third kappa shape index (κ3) is 4.79. The molecule has 34 heavy (non-hydrogen) atoms. The molecule has 9 heteroatoms. The van der Waals surface area contributed by atoms with Crippen molar-refractivity contribution >= 4 is 39.3 Å². The van der Waals surface area contributed by atoms with E-state index < -0.39 is 0 Å². The summed E-state index contributed by atoms with van der Waals surface area (Å²) >= 11 is 0. The van der Waals surface area contributed by atoms with E-state index in [4.69, 9.17) is 9.72 Å². The monoisotopic (exact) mass is 459 g/mol. The van der Waals surface area contributed by atoms with Gasteiger partial charge in [0, 0.05) is 29.2 Å². The predicted octanol–water partition coefficient (Wildman–Crippen LogP) is 3.91. The Morgan fingerprint density at radius 2 is 2.09 bits per heavy atom. The Hall–Kier alpha value is -3.72. The fraction of sp³-hybridized carbons (Fsp3) is 0.360. The van der Waals surface area contributed by atoms with E-state index in [1.54, 1.807) is 12.4 Å². The van der Waals surface area contributed by atoms with Gasteiger partial charge in [0.25, 0.3) is 5.91 Å². The fourth-order valence-corrected chi connectivity index (χ4v) is 4.19. The number of hydrogen-bond donors (Lipinski definition) is 4. The number of H-pyrrole nitrogens is 1. The number of unbranched alkanes of at least 4 members (excludes halogenated alkanes) is 1. The van der Waals surface area contributed by atoms with E-state index >= 15 is 0 Å². The number of rotatable bonds is 8. The summed E-state index contributed by atoms with van der Waals surface area (Å²) < 4.78 is 6.29. The van der Waals surface area contributed by atoms with Crippen LogP contribution in [0.15, 0.2) is 42.7 Å². The quantitative estimate of drug-likeness (QED) is 0.295. The number of carbonyl (C=O) groups is 1. The van der Waals surface area contributed by atoms with E-state index in [0.717, 1.165) is 66.3 Å². The molecule has 1 fully saturated rings. The lowest BCUT2D eigenvalue weighted by molar-refractivity contribution is 0.0955. The van der Waals surface area contributed by atoms with Gasteiger partial charge in [-0.3, -0.25) is 9.89 Å². The number of hydrogen-bond acceptors (Lipinski definition) is 7. The average molecular weight is 460 g/mol. The van der Waals surface area contributed by atoms with Crippen LogP contribution in [0, 0.1) is 0 Å². The third-order valence-electron chi connectivity index (χ3n) is 6.03. The lowest BCUT2D eigenvalue weighted by atomic mass is 10.1. The summed E-state index contributed by atoms with van der Waals surface area (Å²) in [6.07, 6.45) is 7.53. The summed E-state index contributed by atoms with van der Waals surface area (Å²) in [7, 11) is 0. The lowest BCUT2D eigenvalue weighted by Crippen LogP contribution is -2.34. The third-order valence-corrected chi connectivity index (χ3v) is 6.03. The largest absolute Gasteiger partial charge is 0.488 e. The highest BCUT2D eigenvalue weighted by Crippen LogP contribution is 2.28. The van der Waals surface area contributed by atoms with Crippen LogP contribution in [0.25, 0.3) is 21.8 Å². The molecule has 4 aromatic rings. The van der Waals surface area contributed by atoms with Crippen molar-refractivity contribution in [3.05, 3.63) is 48.3 Å². The summed E-state index contributed by atoms with van der Waals surface area (Å²) in [5.41, 5.74) is 2.79. The summed E-state index contributed by atoms with van der Waals surface area (Å²) in [6.45, 7) is 4.65. The molecule has 0 saturated carbocycles.